The summed E-state index contributed by atoms with van der Waals surface area (Å²) in [4.78, 5) is 4.59. The van der Waals surface area contributed by atoms with Gasteiger partial charge in [0.1, 0.15) is 34.7 Å². The number of benzene rings is 7. The van der Waals surface area contributed by atoms with Crippen molar-refractivity contribution < 1.29 is 174 Å². The first-order chi connectivity index (χ1) is 60.1. The van der Waals surface area contributed by atoms with E-state index in [2.05, 4.69) is 258 Å². The van der Waals surface area contributed by atoms with Crippen molar-refractivity contribution in [2.75, 3.05) is 60.7 Å². The van der Waals surface area contributed by atoms with Gasteiger partial charge < -0.3 is 46.4 Å². The number of hydrogen-bond donors (Lipinski definition) is 3. The molecular weight excluding hydrogens is 1750 g/mol. The van der Waals surface area contributed by atoms with Crippen molar-refractivity contribution in [3.63, 3.8) is 0 Å². The maximum absolute atomic E-state index is 11.8. The van der Waals surface area contributed by atoms with Gasteiger partial charge in [-0.15, -0.1) is 24.8 Å². The number of rotatable bonds is 37. The van der Waals surface area contributed by atoms with Gasteiger partial charge in [0.05, 0.1) is 15.7 Å². The number of ether oxygens (including phenoxy) is 1. The normalized spacial score (nSPS) is 17.7. The second-order valence-corrected chi connectivity index (χ2v) is 37.3. The summed E-state index contributed by atoms with van der Waals surface area (Å²) in [7, 11) is -7.74. The smallest absolute Gasteiger partial charge is 1.00 e. The third-order valence-electron chi connectivity index (χ3n) is 24.1. The number of anilines is 2. The van der Waals surface area contributed by atoms with Crippen molar-refractivity contribution in [1.82, 2.24) is 0 Å². The van der Waals surface area contributed by atoms with E-state index in [1.165, 1.54) is 108 Å². The molecule has 28 heteroatoms. The molecule has 128 heavy (non-hydrogen) atoms. The number of para-hydroxylation sites is 1. The van der Waals surface area contributed by atoms with E-state index in [1.54, 1.807) is 24.3 Å². The van der Waals surface area contributed by atoms with Crippen LogP contribution in [0.1, 0.15) is 189 Å². The molecule has 0 bridgehead atoms. The average molecular weight is 1860 g/mol. The van der Waals surface area contributed by atoms with Gasteiger partial charge in [-0.25, -0.2) is 8.42 Å². The molecule has 0 saturated carbocycles. The van der Waals surface area contributed by atoms with Crippen LogP contribution < -0.4 is 114 Å². The Morgan fingerprint density at radius 3 is 1.63 bits per heavy atom. The molecule has 7 aromatic carbocycles. The Labute approximate surface area is 839 Å². The van der Waals surface area contributed by atoms with Crippen LogP contribution in [0.5, 0.6) is 11.5 Å². The minimum Gasteiger partial charge on any atom is -1.00 e. The predicted molar refractivity (Wildman–Crippen MR) is 499 cm³/mol. The summed E-state index contributed by atoms with van der Waals surface area (Å²) in [5, 5.41) is 60.6. The van der Waals surface area contributed by atoms with Crippen LogP contribution in [0.3, 0.4) is 0 Å². The van der Waals surface area contributed by atoms with Crippen LogP contribution in [-0.2, 0) is 55.7 Å². The number of unbranched alkanes of at least 4 members (excludes halogenated alkanes) is 8. The van der Waals surface area contributed by atoms with E-state index in [4.69, 9.17) is 34.1 Å². The van der Waals surface area contributed by atoms with Gasteiger partial charge in [0.25, 0.3) is 0 Å². The zero-order valence-corrected chi connectivity index (χ0v) is 85.9. The Morgan fingerprint density at radius 1 is 0.547 bits per heavy atom. The molecule has 0 fully saturated rings. The molecule has 0 spiro atoms. The summed E-state index contributed by atoms with van der Waals surface area (Å²) >= 11 is 9.33. The number of allylic oxidation sites excluding steroid dienone is 18. The van der Waals surface area contributed by atoms with Crippen LogP contribution in [0.2, 0.25) is 0 Å². The molecule has 0 unspecified atom stereocenters. The predicted octanol–water partition coefficient (Wildman–Crippen LogP) is 11.6. The number of aromatic hydroxyl groups is 1. The summed E-state index contributed by atoms with van der Waals surface area (Å²) in [6, 6.07) is 49.9. The van der Waals surface area contributed by atoms with Crippen LogP contribution in [-0.4, -0.2) is 112 Å². The maximum atomic E-state index is 11.8. The quantitative estimate of drug-likeness (QED) is 0.00477. The third kappa shape index (κ3) is 27.8. The molecule has 0 amide bonds. The number of phenolic OH excluding ortho intramolecular Hbond substituents is 1. The van der Waals surface area contributed by atoms with Crippen molar-refractivity contribution in [3.05, 3.63) is 298 Å². The van der Waals surface area contributed by atoms with Gasteiger partial charge in [0, 0.05) is 155 Å². The second-order valence-electron chi connectivity index (χ2n) is 33.6. The van der Waals surface area contributed by atoms with E-state index in [0.717, 1.165) is 192 Å². The summed E-state index contributed by atoms with van der Waals surface area (Å²) < 4.78 is 81.2. The minimum atomic E-state index is -4.63. The van der Waals surface area contributed by atoms with Crippen LogP contribution in [0.15, 0.2) is 280 Å². The molecular formula is C100H118ClN4Na3O16S4. The van der Waals surface area contributed by atoms with Gasteiger partial charge in [-0.05, 0) is 227 Å². The van der Waals surface area contributed by atoms with Crippen LogP contribution in [0.4, 0.5) is 17.1 Å². The molecule has 4 aliphatic heterocycles. The van der Waals surface area contributed by atoms with E-state index in [9.17, 15) is 33.7 Å². The Hall–Kier alpha value is -6.06. The molecule has 7 aromatic rings. The number of aliphatic hydroxyl groups excluding tert-OH is 2. The van der Waals surface area contributed by atoms with E-state index < -0.39 is 20.7 Å². The van der Waals surface area contributed by atoms with E-state index in [-0.39, 0.29) is 130 Å². The third-order valence-corrected chi connectivity index (χ3v) is 26.6. The topological polar surface area (TPSA) is 274 Å². The number of hydrogen-bond acceptors (Lipinski definition) is 20. The van der Waals surface area contributed by atoms with Crippen molar-refractivity contribution in [2.24, 2.45) is 5.41 Å². The first-order valence-electron chi connectivity index (χ1n) is 42.9. The molecule has 4 heterocycles. The van der Waals surface area contributed by atoms with Crippen molar-refractivity contribution in [2.45, 2.75) is 192 Å². The largest absolute Gasteiger partial charge is 1.00 e. The molecule has 668 valence electrons. The van der Waals surface area contributed by atoms with Gasteiger partial charge in [-0.3, -0.25) is 10.1 Å². The van der Waals surface area contributed by atoms with E-state index in [0.29, 0.717) is 35.3 Å². The van der Waals surface area contributed by atoms with E-state index >= 15 is 0 Å². The second kappa shape index (κ2) is 52.6. The number of phenols is 1. The SMILES string of the molecule is C=CC1=C(C=C)C(C)(C)C(C=CC2=C(Oc3ccc(S(=O)(=O)[O-])cc3)C(=CC=C3N(CCCCCCO)c4ccc5ccccc5c4C3(C)C)CCC2)=[N+]1CCCCSOO[O-].CC1(C)C(/C=C/C2=C(Cl)C(=C/C=C3/N(CCCCSOO[O-])c4ccccc4C3(C)C)/CCC2)=[N+](CCCCCCO)c2ccc3ccccc3c21.O=S(=O)=O.Oc1cc[c-]cc1.[H-].[Na+].[Na+].[Na+]. The van der Waals surface area contributed by atoms with Crippen molar-refractivity contribution >= 4 is 106 Å². The Balaban J connectivity index is 0.000000349. The van der Waals surface area contributed by atoms with Crippen molar-refractivity contribution in [3.8, 4) is 11.5 Å². The molecule has 0 saturated heterocycles. The van der Waals surface area contributed by atoms with Gasteiger partial charge in [-0.1, -0.05) is 169 Å². The summed E-state index contributed by atoms with van der Waals surface area (Å²) in [5.41, 5.74) is 18.0. The number of halogens is 1. The fourth-order valence-corrected chi connectivity index (χ4v) is 19.7. The average Bonchev–Trinajstić information content (AvgIpc) is 1.58. The molecule has 0 atom stereocenters. The molecule has 20 nitrogen and oxygen atoms in total. The molecule has 2 aliphatic carbocycles. The van der Waals surface area contributed by atoms with Gasteiger partial charge >= 0.3 is 99.3 Å². The number of fused-ring (bicyclic) bond motifs is 7. The molecule has 13 rings (SSSR count). The standard InChI is InChI=1S/C50H60N2O8S2.C44H53ClN2O4S.C6H5O.3Na.O3S.H/c1-7-42-43(8-2)51(33-14-16-35-61-60-59-54)45(49(42,3)4)30-23-37-19-17-20-38(48(37)58-39-25-27-40(28-26-39)62(55,56)57)24-31-46-50(5,6)47-41-21-12-11-18-36(41)22-29-44(47)52(46)32-13-9-10-15-34-53;1-43(2)36-20-9-10-21-37(36)46(29-12-14-31-52-51-50-49)39(43)26-23-33-17-15-18-34(42(33)45)24-27-40-44(3,4)41-35-19-8-7-16-32(35)22-25-38(41)47(40)28-11-5-6-13-30-48;7-6-4-2-1-3-5-6;;;;1-4(2)3;/h7-8,11-12,18,21-31,53H,1-2,9-10,13-17,19-20,32-35H2,3-6H3,(H-,54,55,56,57);7-10,16,19-27,48H,5-6,11-15,17-18,28-31H2,1-4H3;2-5,7H;;;;;/q;;-1;3*+1;;-1/p-1. The summed E-state index contributed by atoms with van der Waals surface area (Å²) in [6.07, 6.45) is 38.4. The fourth-order valence-electron chi connectivity index (χ4n) is 18.0. The molecule has 6 aliphatic rings. The first kappa shape index (κ1) is 109. The Bertz CT molecular complexity index is 5590. The zero-order valence-electron chi connectivity index (χ0n) is 76.9. The van der Waals surface area contributed by atoms with Crippen LogP contribution in [0, 0.1) is 11.5 Å². The molecule has 3 N–H and O–H groups in total. The fraction of sp³-hybridized carbons (Fsp3) is 0.380. The molecule has 0 radical (unpaired) electrons. The van der Waals surface area contributed by atoms with Gasteiger partial charge in [0.2, 0.25) is 11.4 Å². The van der Waals surface area contributed by atoms with E-state index in [1.807, 2.05) is 12.2 Å². The molecule has 0 aromatic heterocycles. The minimum absolute atomic E-state index is 0. The van der Waals surface area contributed by atoms with Gasteiger partial charge in [-0.2, -0.15) is 36.0 Å². The number of aliphatic hydroxyl groups is 2. The Morgan fingerprint density at radius 2 is 1.05 bits per heavy atom. The zero-order chi connectivity index (χ0) is 89.9. The van der Waals surface area contributed by atoms with Crippen LogP contribution >= 0.6 is 35.7 Å². The first-order valence-corrected chi connectivity index (χ1v) is 47.5. The maximum Gasteiger partial charge on any atom is 1.00 e. The summed E-state index contributed by atoms with van der Waals surface area (Å²) in [5.74, 6) is 2.71. The monoisotopic (exact) mass is 1860 g/mol. The summed E-state index contributed by atoms with van der Waals surface area (Å²) in [6.45, 7) is 30.4. The van der Waals surface area contributed by atoms with Crippen LogP contribution in [0.25, 0.3) is 21.5 Å². The Kier molecular flexibility index (Phi) is 44.7. The van der Waals surface area contributed by atoms with Crippen molar-refractivity contribution in [1.29, 1.82) is 0 Å². The van der Waals surface area contributed by atoms with Gasteiger partial charge in [0.15, 0.2) is 11.4 Å². The number of nitrogens with zero attached hydrogens (tertiary/aromatic N) is 4.